The number of rotatable bonds is 3. The second kappa shape index (κ2) is 6.40. The van der Waals surface area contributed by atoms with E-state index in [0.717, 1.165) is 0 Å². The Morgan fingerprint density at radius 3 is 2.70 bits per heavy atom. The lowest BCUT2D eigenvalue weighted by Gasteiger charge is -2.28. The number of likely N-dealkylation sites (tertiary alicyclic amines) is 2. The molecule has 9 heteroatoms. The average molecular weight is 378 g/mol. The molecule has 3 aliphatic heterocycles. The number of hydrogen-bond acceptors (Lipinski definition) is 5. The van der Waals surface area contributed by atoms with Crippen LogP contribution >= 0.6 is 0 Å². The van der Waals surface area contributed by atoms with Gasteiger partial charge in [-0.3, -0.25) is 9.59 Å². The minimum Gasteiger partial charge on any atom is -0.479 e. The monoisotopic (exact) mass is 378 g/mol. The van der Waals surface area contributed by atoms with Crippen LogP contribution in [0.5, 0.6) is 11.5 Å². The summed E-state index contributed by atoms with van der Waals surface area (Å²) in [5.74, 6) is -1.23. The third kappa shape index (κ3) is 2.96. The van der Waals surface area contributed by atoms with Gasteiger partial charge in [-0.2, -0.15) is 0 Å². The molecule has 27 heavy (non-hydrogen) atoms. The highest BCUT2D eigenvalue weighted by atomic mass is 19.1. The van der Waals surface area contributed by atoms with E-state index in [1.54, 1.807) is 18.2 Å². The standard InChI is InChI=1S/C18H19FN2O6/c19-18(17(24)25)5-7-20(9-18)16(23)12-2-1-6-21(12)15(22)11-3-4-13-14(8-11)27-10-26-13/h3-4,8,12H,1-2,5-7,9-10H2,(H,24,25). The van der Waals surface area contributed by atoms with Crippen molar-refractivity contribution in [1.82, 2.24) is 9.80 Å². The summed E-state index contributed by atoms with van der Waals surface area (Å²) >= 11 is 0. The second-order valence-corrected chi connectivity index (χ2v) is 7.00. The molecule has 4 rings (SSSR count). The Balaban J connectivity index is 1.50. The molecule has 1 N–H and O–H groups in total. The molecular weight excluding hydrogens is 359 g/mol. The predicted molar refractivity (Wildman–Crippen MR) is 89.3 cm³/mol. The van der Waals surface area contributed by atoms with Crippen molar-refractivity contribution < 1.29 is 33.4 Å². The number of carboxylic acids is 1. The van der Waals surface area contributed by atoms with Gasteiger partial charge in [0.2, 0.25) is 18.4 Å². The summed E-state index contributed by atoms with van der Waals surface area (Å²) in [6.07, 6.45) is 0.884. The zero-order valence-corrected chi connectivity index (χ0v) is 14.5. The van der Waals surface area contributed by atoms with Gasteiger partial charge in [-0.15, -0.1) is 0 Å². The quantitative estimate of drug-likeness (QED) is 0.845. The molecule has 0 radical (unpaired) electrons. The van der Waals surface area contributed by atoms with Crippen molar-refractivity contribution in [3.05, 3.63) is 23.8 Å². The normalized spacial score (nSPS) is 26.5. The van der Waals surface area contributed by atoms with Crippen LogP contribution in [0.4, 0.5) is 4.39 Å². The van der Waals surface area contributed by atoms with Gasteiger partial charge in [0, 0.05) is 25.1 Å². The van der Waals surface area contributed by atoms with Gasteiger partial charge in [-0.1, -0.05) is 0 Å². The van der Waals surface area contributed by atoms with Crippen LogP contribution in [-0.2, 0) is 9.59 Å². The summed E-state index contributed by atoms with van der Waals surface area (Å²) < 4.78 is 24.8. The Kier molecular flexibility index (Phi) is 4.16. The number of carbonyl (C=O) groups is 3. The van der Waals surface area contributed by atoms with Gasteiger partial charge in [0.15, 0.2) is 11.5 Å². The maximum Gasteiger partial charge on any atom is 0.343 e. The minimum absolute atomic E-state index is 0.0319. The molecule has 0 spiro atoms. The number of aliphatic carboxylic acids is 1. The van der Waals surface area contributed by atoms with Crippen molar-refractivity contribution >= 4 is 17.8 Å². The van der Waals surface area contributed by atoms with Gasteiger partial charge in [0.25, 0.3) is 5.91 Å². The number of carboxylic acid groups (broad SMARTS) is 1. The fourth-order valence-corrected chi connectivity index (χ4v) is 3.81. The highest BCUT2D eigenvalue weighted by Gasteiger charge is 2.49. The SMILES string of the molecule is O=C(C1CCCN1C(=O)c1ccc2c(c1)OCO2)N1CCC(F)(C(=O)O)C1. The van der Waals surface area contributed by atoms with Crippen LogP contribution in [0.25, 0.3) is 0 Å². The lowest BCUT2D eigenvalue weighted by molar-refractivity contribution is -0.150. The number of nitrogens with zero attached hydrogens (tertiary/aromatic N) is 2. The molecule has 2 fully saturated rings. The summed E-state index contributed by atoms with van der Waals surface area (Å²) in [4.78, 5) is 39.5. The summed E-state index contributed by atoms with van der Waals surface area (Å²) in [6, 6.07) is 4.13. The van der Waals surface area contributed by atoms with Crippen LogP contribution in [0.3, 0.4) is 0 Å². The highest BCUT2D eigenvalue weighted by Crippen LogP contribution is 2.34. The lowest BCUT2D eigenvalue weighted by atomic mass is 10.1. The zero-order valence-electron chi connectivity index (χ0n) is 14.5. The molecule has 0 aliphatic carbocycles. The number of benzene rings is 1. The topological polar surface area (TPSA) is 96.4 Å². The van der Waals surface area contributed by atoms with E-state index >= 15 is 0 Å². The van der Waals surface area contributed by atoms with Crippen LogP contribution in [0.15, 0.2) is 18.2 Å². The predicted octanol–water partition coefficient (Wildman–Crippen LogP) is 1.05. The van der Waals surface area contributed by atoms with Crippen molar-refractivity contribution in [2.24, 2.45) is 0 Å². The minimum atomic E-state index is -2.42. The molecule has 3 heterocycles. The fourth-order valence-electron chi connectivity index (χ4n) is 3.81. The average Bonchev–Trinajstić information content (AvgIpc) is 3.39. The molecule has 2 saturated heterocycles. The summed E-state index contributed by atoms with van der Waals surface area (Å²) in [7, 11) is 0. The van der Waals surface area contributed by atoms with Crippen molar-refractivity contribution in [3.8, 4) is 11.5 Å². The largest absolute Gasteiger partial charge is 0.479 e. The van der Waals surface area contributed by atoms with Gasteiger partial charge < -0.3 is 24.4 Å². The Bertz CT molecular complexity index is 815. The van der Waals surface area contributed by atoms with Crippen LogP contribution in [0.1, 0.15) is 29.6 Å². The van der Waals surface area contributed by atoms with Gasteiger partial charge in [0.1, 0.15) is 6.04 Å². The molecule has 3 aliphatic rings. The third-order valence-electron chi connectivity index (χ3n) is 5.33. The lowest BCUT2D eigenvalue weighted by Crippen LogP contribution is -2.48. The van der Waals surface area contributed by atoms with Crippen LogP contribution in [-0.4, -0.2) is 70.8 Å². The van der Waals surface area contributed by atoms with Gasteiger partial charge in [0.05, 0.1) is 6.54 Å². The van der Waals surface area contributed by atoms with Crippen molar-refractivity contribution in [1.29, 1.82) is 0 Å². The number of fused-ring (bicyclic) bond motifs is 1. The molecule has 2 amide bonds. The summed E-state index contributed by atoms with van der Waals surface area (Å²) in [5.41, 5.74) is -2.04. The van der Waals surface area contributed by atoms with E-state index < -0.39 is 30.1 Å². The molecule has 2 atom stereocenters. The molecule has 0 saturated carbocycles. The van der Waals surface area contributed by atoms with E-state index in [2.05, 4.69) is 0 Å². The van der Waals surface area contributed by atoms with Crippen molar-refractivity contribution in [3.63, 3.8) is 0 Å². The first-order chi connectivity index (χ1) is 12.9. The van der Waals surface area contributed by atoms with E-state index in [9.17, 15) is 18.8 Å². The Morgan fingerprint density at radius 2 is 1.96 bits per heavy atom. The number of ether oxygens (including phenoxy) is 2. The third-order valence-corrected chi connectivity index (χ3v) is 5.33. The van der Waals surface area contributed by atoms with E-state index in [-0.39, 0.29) is 25.7 Å². The molecule has 0 aromatic heterocycles. The number of alkyl halides is 1. The van der Waals surface area contributed by atoms with E-state index in [1.807, 2.05) is 0 Å². The van der Waals surface area contributed by atoms with Gasteiger partial charge in [-0.25, -0.2) is 9.18 Å². The molecule has 1 aromatic carbocycles. The number of hydrogen-bond donors (Lipinski definition) is 1. The molecule has 2 unspecified atom stereocenters. The number of carbonyl (C=O) groups excluding carboxylic acids is 2. The van der Waals surface area contributed by atoms with Gasteiger partial charge >= 0.3 is 5.97 Å². The number of halogens is 1. The van der Waals surface area contributed by atoms with Crippen LogP contribution in [0.2, 0.25) is 0 Å². The molecule has 144 valence electrons. The number of amides is 2. The van der Waals surface area contributed by atoms with E-state index in [4.69, 9.17) is 14.6 Å². The first-order valence-electron chi connectivity index (χ1n) is 8.81. The van der Waals surface area contributed by atoms with E-state index in [0.29, 0.717) is 36.4 Å². The summed E-state index contributed by atoms with van der Waals surface area (Å²) in [5, 5.41) is 9.00. The van der Waals surface area contributed by atoms with Crippen LogP contribution in [0, 0.1) is 0 Å². The zero-order chi connectivity index (χ0) is 19.2. The maximum atomic E-state index is 14.3. The summed E-state index contributed by atoms with van der Waals surface area (Å²) in [6.45, 7) is 0.0620. The van der Waals surface area contributed by atoms with Crippen molar-refractivity contribution in [2.75, 3.05) is 26.4 Å². The molecular formula is C18H19FN2O6. The van der Waals surface area contributed by atoms with Crippen LogP contribution < -0.4 is 9.47 Å². The first kappa shape index (κ1) is 17.6. The molecule has 1 aromatic rings. The molecule has 0 bridgehead atoms. The fraction of sp³-hybridized carbons (Fsp3) is 0.500. The highest BCUT2D eigenvalue weighted by molar-refractivity contribution is 5.98. The van der Waals surface area contributed by atoms with Crippen molar-refractivity contribution in [2.45, 2.75) is 31.0 Å². The maximum absolute atomic E-state index is 14.3. The first-order valence-corrected chi connectivity index (χ1v) is 8.81. The Hall–Kier alpha value is -2.84. The second-order valence-electron chi connectivity index (χ2n) is 7.00. The Labute approximate surface area is 154 Å². The molecule has 8 nitrogen and oxygen atoms in total. The van der Waals surface area contributed by atoms with Gasteiger partial charge in [-0.05, 0) is 31.0 Å². The Morgan fingerprint density at radius 1 is 1.19 bits per heavy atom. The van der Waals surface area contributed by atoms with E-state index in [1.165, 1.54) is 9.80 Å². The smallest absolute Gasteiger partial charge is 0.343 e.